The molecule has 1 aromatic rings. The van der Waals surface area contributed by atoms with Crippen LogP contribution in [0.1, 0.15) is 19.3 Å². The molecule has 0 unspecified atom stereocenters. The van der Waals surface area contributed by atoms with Gasteiger partial charge in [0.25, 0.3) is 0 Å². The van der Waals surface area contributed by atoms with Crippen LogP contribution in [0.15, 0.2) is 30.3 Å². The first kappa shape index (κ1) is 10.5. The zero-order valence-corrected chi connectivity index (χ0v) is 9.11. The third kappa shape index (κ3) is 3.56. The van der Waals surface area contributed by atoms with Gasteiger partial charge in [-0.1, -0.05) is 18.2 Å². The second kappa shape index (κ2) is 5.76. The predicted molar refractivity (Wildman–Crippen MR) is 62.1 cm³/mol. The first-order chi connectivity index (χ1) is 7.45. The third-order valence-corrected chi connectivity index (χ3v) is 2.94. The van der Waals surface area contributed by atoms with Crippen molar-refractivity contribution >= 4 is 0 Å². The molecule has 2 heteroatoms. The smallest absolute Gasteiger partial charge is 0.119 e. The minimum atomic E-state index is 0.808. The van der Waals surface area contributed by atoms with Gasteiger partial charge in [0.05, 0.1) is 6.61 Å². The molecule has 15 heavy (non-hydrogen) atoms. The third-order valence-electron chi connectivity index (χ3n) is 2.94. The second-order valence-electron chi connectivity index (χ2n) is 4.16. The number of hydrogen-bond donors (Lipinski definition) is 1. The number of piperidine rings is 1. The van der Waals surface area contributed by atoms with Crippen LogP contribution in [0, 0.1) is 5.92 Å². The maximum Gasteiger partial charge on any atom is 0.119 e. The van der Waals surface area contributed by atoms with Crippen LogP contribution >= 0.6 is 0 Å². The summed E-state index contributed by atoms with van der Waals surface area (Å²) in [5.41, 5.74) is 0. The van der Waals surface area contributed by atoms with E-state index in [2.05, 4.69) is 5.32 Å². The molecule has 0 aromatic heterocycles. The van der Waals surface area contributed by atoms with Crippen LogP contribution in [0.3, 0.4) is 0 Å². The van der Waals surface area contributed by atoms with Gasteiger partial charge in [-0.15, -0.1) is 0 Å². The summed E-state index contributed by atoms with van der Waals surface area (Å²) in [6.45, 7) is 3.20. The molecule has 0 amide bonds. The van der Waals surface area contributed by atoms with Gasteiger partial charge in [-0.2, -0.15) is 0 Å². The van der Waals surface area contributed by atoms with Crippen LogP contribution in [0.25, 0.3) is 0 Å². The molecule has 0 saturated carbocycles. The number of hydrogen-bond acceptors (Lipinski definition) is 2. The summed E-state index contributed by atoms with van der Waals surface area (Å²) >= 11 is 0. The Morgan fingerprint density at radius 3 is 2.87 bits per heavy atom. The van der Waals surface area contributed by atoms with Gasteiger partial charge in [0, 0.05) is 0 Å². The van der Waals surface area contributed by atoms with Crippen molar-refractivity contribution in [2.75, 3.05) is 19.7 Å². The molecule has 1 fully saturated rings. The molecule has 1 N–H and O–H groups in total. The van der Waals surface area contributed by atoms with Gasteiger partial charge in [0.1, 0.15) is 5.75 Å². The van der Waals surface area contributed by atoms with Crippen LogP contribution in [-0.2, 0) is 0 Å². The van der Waals surface area contributed by atoms with E-state index in [0.717, 1.165) is 24.8 Å². The minimum absolute atomic E-state index is 0.808. The van der Waals surface area contributed by atoms with E-state index in [9.17, 15) is 0 Å². The molecule has 1 saturated heterocycles. The van der Waals surface area contributed by atoms with Crippen molar-refractivity contribution in [2.24, 2.45) is 5.92 Å². The van der Waals surface area contributed by atoms with Crippen molar-refractivity contribution in [1.82, 2.24) is 5.32 Å². The van der Waals surface area contributed by atoms with Gasteiger partial charge in [0.2, 0.25) is 0 Å². The lowest BCUT2D eigenvalue weighted by atomic mass is 9.97. The van der Waals surface area contributed by atoms with Crippen LogP contribution in [0.5, 0.6) is 5.75 Å². The average molecular weight is 205 g/mol. The molecule has 82 valence electrons. The lowest BCUT2D eigenvalue weighted by Crippen LogP contribution is -2.30. The lowest BCUT2D eigenvalue weighted by molar-refractivity contribution is 0.254. The molecule has 1 aromatic carbocycles. The fourth-order valence-electron chi connectivity index (χ4n) is 2.03. The first-order valence-corrected chi connectivity index (χ1v) is 5.84. The van der Waals surface area contributed by atoms with Crippen molar-refractivity contribution in [2.45, 2.75) is 19.3 Å². The van der Waals surface area contributed by atoms with Crippen LogP contribution < -0.4 is 10.1 Å². The Labute approximate surface area is 91.6 Å². The monoisotopic (exact) mass is 205 g/mol. The molecule has 2 rings (SSSR count). The van der Waals surface area contributed by atoms with E-state index in [1.165, 1.54) is 25.8 Å². The maximum absolute atomic E-state index is 5.68. The molecule has 0 radical (unpaired) electrons. The molecule has 0 aliphatic carbocycles. The Balaban J connectivity index is 1.66. The highest BCUT2D eigenvalue weighted by Gasteiger charge is 2.12. The van der Waals surface area contributed by atoms with Crippen LogP contribution in [0.2, 0.25) is 0 Å². The summed E-state index contributed by atoms with van der Waals surface area (Å²) in [6, 6.07) is 10.1. The summed E-state index contributed by atoms with van der Waals surface area (Å²) in [5.74, 6) is 1.80. The Kier molecular flexibility index (Phi) is 4.03. The molecule has 0 bridgehead atoms. The van der Waals surface area contributed by atoms with Crippen LogP contribution in [-0.4, -0.2) is 19.7 Å². The first-order valence-electron chi connectivity index (χ1n) is 5.84. The number of para-hydroxylation sites is 1. The van der Waals surface area contributed by atoms with E-state index in [0.29, 0.717) is 0 Å². The van der Waals surface area contributed by atoms with Gasteiger partial charge in [-0.3, -0.25) is 0 Å². The number of benzene rings is 1. The summed E-state index contributed by atoms with van der Waals surface area (Å²) in [7, 11) is 0. The van der Waals surface area contributed by atoms with E-state index >= 15 is 0 Å². The van der Waals surface area contributed by atoms with Gasteiger partial charge < -0.3 is 10.1 Å². The zero-order valence-electron chi connectivity index (χ0n) is 9.11. The molecule has 1 aliphatic rings. The largest absolute Gasteiger partial charge is 0.494 e. The Bertz CT molecular complexity index is 267. The van der Waals surface area contributed by atoms with Gasteiger partial charge in [-0.05, 0) is 50.4 Å². The van der Waals surface area contributed by atoms with Gasteiger partial charge >= 0.3 is 0 Å². The highest BCUT2D eigenvalue weighted by atomic mass is 16.5. The zero-order chi connectivity index (χ0) is 10.3. The number of ether oxygens (including phenoxy) is 1. The predicted octanol–water partition coefficient (Wildman–Crippen LogP) is 2.46. The van der Waals surface area contributed by atoms with Crippen molar-refractivity contribution in [3.05, 3.63) is 30.3 Å². The number of nitrogens with one attached hydrogen (secondary N) is 1. The molecule has 2 nitrogen and oxygen atoms in total. The van der Waals surface area contributed by atoms with Crippen molar-refractivity contribution in [1.29, 1.82) is 0 Å². The van der Waals surface area contributed by atoms with E-state index < -0.39 is 0 Å². The molecular weight excluding hydrogens is 186 g/mol. The molecule has 1 atom stereocenters. The SMILES string of the molecule is c1ccc(OCC[C@@H]2CCCNC2)cc1. The van der Waals surface area contributed by atoms with Crippen LogP contribution in [0.4, 0.5) is 0 Å². The van der Waals surface area contributed by atoms with Gasteiger partial charge in [-0.25, -0.2) is 0 Å². The second-order valence-corrected chi connectivity index (χ2v) is 4.16. The highest BCUT2D eigenvalue weighted by molar-refractivity contribution is 5.20. The normalized spacial score (nSPS) is 21.2. The molecule has 0 spiro atoms. The molecular formula is C13H19NO. The van der Waals surface area contributed by atoms with Crippen molar-refractivity contribution in [3.63, 3.8) is 0 Å². The Morgan fingerprint density at radius 1 is 1.27 bits per heavy atom. The van der Waals surface area contributed by atoms with Crippen molar-refractivity contribution < 1.29 is 4.74 Å². The van der Waals surface area contributed by atoms with E-state index in [1.807, 2.05) is 30.3 Å². The lowest BCUT2D eigenvalue weighted by Gasteiger charge is -2.22. The van der Waals surface area contributed by atoms with Gasteiger partial charge in [0.15, 0.2) is 0 Å². The Hall–Kier alpha value is -1.02. The summed E-state index contributed by atoms with van der Waals surface area (Å²) in [4.78, 5) is 0. The fraction of sp³-hybridized carbons (Fsp3) is 0.538. The minimum Gasteiger partial charge on any atom is -0.494 e. The quantitative estimate of drug-likeness (QED) is 0.815. The van der Waals surface area contributed by atoms with E-state index in [-0.39, 0.29) is 0 Å². The maximum atomic E-state index is 5.68. The summed E-state index contributed by atoms with van der Waals surface area (Å²) in [5, 5.41) is 3.43. The topological polar surface area (TPSA) is 21.3 Å². The average Bonchev–Trinajstić information content (AvgIpc) is 2.32. The molecule has 1 aliphatic heterocycles. The van der Waals surface area contributed by atoms with Crippen molar-refractivity contribution in [3.8, 4) is 5.75 Å². The fourth-order valence-corrected chi connectivity index (χ4v) is 2.03. The molecule has 1 heterocycles. The van der Waals surface area contributed by atoms with E-state index in [1.54, 1.807) is 0 Å². The summed E-state index contributed by atoms with van der Waals surface area (Å²) in [6.07, 6.45) is 3.84. The summed E-state index contributed by atoms with van der Waals surface area (Å²) < 4.78 is 5.68. The standard InChI is InChI=1S/C13H19NO/c1-2-6-13(7-3-1)15-10-8-12-5-4-9-14-11-12/h1-3,6-7,12,14H,4-5,8-11H2/t12-/m0/s1. The van der Waals surface area contributed by atoms with E-state index in [4.69, 9.17) is 4.74 Å². The highest BCUT2D eigenvalue weighted by Crippen LogP contribution is 2.15. The Morgan fingerprint density at radius 2 is 2.13 bits per heavy atom. The number of rotatable bonds is 4.